The van der Waals surface area contributed by atoms with Crippen LogP contribution in [0.2, 0.25) is 0 Å². The SMILES string of the molecule is COCc1ccc(S(=O)(=O)N2CCC(C(=O)O)C2)cc1. The van der Waals surface area contributed by atoms with Gasteiger partial charge in [0.2, 0.25) is 10.0 Å². The highest BCUT2D eigenvalue weighted by Crippen LogP contribution is 2.24. The van der Waals surface area contributed by atoms with Crippen molar-refractivity contribution >= 4 is 16.0 Å². The second kappa shape index (κ2) is 5.90. The van der Waals surface area contributed by atoms with Gasteiger partial charge in [-0.15, -0.1) is 0 Å². The van der Waals surface area contributed by atoms with E-state index in [1.807, 2.05) is 0 Å². The molecule has 1 N–H and O–H groups in total. The van der Waals surface area contributed by atoms with E-state index in [1.165, 1.54) is 16.4 Å². The van der Waals surface area contributed by atoms with Crippen LogP contribution in [0.5, 0.6) is 0 Å². The zero-order chi connectivity index (χ0) is 14.8. The summed E-state index contributed by atoms with van der Waals surface area (Å²) in [5, 5.41) is 8.93. The molecule has 1 aromatic carbocycles. The highest BCUT2D eigenvalue weighted by Gasteiger charge is 2.35. The predicted molar refractivity (Wildman–Crippen MR) is 71.7 cm³/mol. The summed E-state index contributed by atoms with van der Waals surface area (Å²) in [7, 11) is -2.04. The van der Waals surface area contributed by atoms with E-state index in [0.717, 1.165) is 5.56 Å². The maximum Gasteiger partial charge on any atom is 0.307 e. The van der Waals surface area contributed by atoms with Crippen LogP contribution in [-0.2, 0) is 26.2 Å². The largest absolute Gasteiger partial charge is 0.481 e. The van der Waals surface area contributed by atoms with E-state index < -0.39 is 21.9 Å². The van der Waals surface area contributed by atoms with E-state index >= 15 is 0 Å². The highest BCUT2D eigenvalue weighted by molar-refractivity contribution is 7.89. The van der Waals surface area contributed by atoms with Gasteiger partial charge in [-0.3, -0.25) is 4.79 Å². The van der Waals surface area contributed by atoms with Crippen molar-refractivity contribution in [1.82, 2.24) is 4.31 Å². The van der Waals surface area contributed by atoms with Gasteiger partial charge in [-0.2, -0.15) is 4.31 Å². The first kappa shape index (κ1) is 15.0. The second-order valence-electron chi connectivity index (χ2n) is 4.76. The molecule has 1 aliphatic rings. The lowest BCUT2D eigenvalue weighted by molar-refractivity contribution is -0.141. The summed E-state index contributed by atoms with van der Waals surface area (Å²) in [5.74, 6) is -1.56. The van der Waals surface area contributed by atoms with Crippen LogP contribution in [0, 0.1) is 5.92 Å². The number of carboxylic acid groups (broad SMARTS) is 1. The molecule has 0 radical (unpaired) electrons. The maximum absolute atomic E-state index is 12.4. The van der Waals surface area contributed by atoms with E-state index in [1.54, 1.807) is 19.2 Å². The number of carbonyl (C=O) groups is 1. The first-order chi connectivity index (χ1) is 9.45. The molecule has 1 unspecified atom stereocenters. The van der Waals surface area contributed by atoms with E-state index in [9.17, 15) is 13.2 Å². The fraction of sp³-hybridized carbons (Fsp3) is 0.462. The summed E-state index contributed by atoms with van der Waals surface area (Å²) in [4.78, 5) is 11.1. The quantitative estimate of drug-likeness (QED) is 0.874. The van der Waals surface area contributed by atoms with Gasteiger partial charge in [0.15, 0.2) is 0 Å². The highest BCUT2D eigenvalue weighted by atomic mass is 32.2. The Balaban J connectivity index is 2.16. The maximum atomic E-state index is 12.4. The summed E-state index contributed by atoms with van der Waals surface area (Å²) in [6, 6.07) is 6.44. The van der Waals surface area contributed by atoms with Crippen molar-refractivity contribution in [3.63, 3.8) is 0 Å². The third-order valence-corrected chi connectivity index (χ3v) is 5.25. The van der Waals surface area contributed by atoms with Crippen LogP contribution in [0.1, 0.15) is 12.0 Å². The summed E-state index contributed by atoms with van der Waals surface area (Å²) in [6.07, 6.45) is 0.357. The second-order valence-corrected chi connectivity index (χ2v) is 6.70. The van der Waals surface area contributed by atoms with Crippen molar-refractivity contribution in [1.29, 1.82) is 0 Å². The fourth-order valence-corrected chi connectivity index (χ4v) is 3.72. The van der Waals surface area contributed by atoms with E-state index in [4.69, 9.17) is 9.84 Å². The van der Waals surface area contributed by atoms with E-state index in [-0.39, 0.29) is 18.0 Å². The van der Waals surface area contributed by atoms with Crippen molar-refractivity contribution in [2.45, 2.75) is 17.9 Å². The Morgan fingerprint density at radius 1 is 1.40 bits per heavy atom. The minimum Gasteiger partial charge on any atom is -0.481 e. The number of hydrogen-bond donors (Lipinski definition) is 1. The minimum atomic E-state index is -3.61. The molecule has 0 bridgehead atoms. The van der Waals surface area contributed by atoms with Gasteiger partial charge in [-0.25, -0.2) is 8.42 Å². The van der Waals surface area contributed by atoms with Crippen molar-refractivity contribution < 1.29 is 23.1 Å². The number of benzene rings is 1. The summed E-state index contributed by atoms with van der Waals surface area (Å²) in [6.45, 7) is 0.710. The normalized spacial score (nSPS) is 20.1. The zero-order valence-electron chi connectivity index (χ0n) is 11.2. The van der Waals surface area contributed by atoms with E-state index in [0.29, 0.717) is 13.0 Å². The van der Waals surface area contributed by atoms with Crippen LogP contribution in [0.15, 0.2) is 29.2 Å². The summed E-state index contributed by atoms with van der Waals surface area (Å²) >= 11 is 0. The molecule has 0 saturated carbocycles. The van der Waals surface area contributed by atoms with Crippen LogP contribution in [-0.4, -0.2) is 44.0 Å². The molecule has 1 aliphatic heterocycles. The molecule has 0 spiro atoms. The molecule has 6 nitrogen and oxygen atoms in total. The lowest BCUT2D eigenvalue weighted by atomic mass is 10.1. The van der Waals surface area contributed by atoms with Crippen molar-refractivity contribution in [3.05, 3.63) is 29.8 Å². The minimum absolute atomic E-state index is 0.0392. The molecular formula is C13H17NO5S. The zero-order valence-corrected chi connectivity index (χ0v) is 12.0. The fourth-order valence-electron chi connectivity index (χ4n) is 2.22. The van der Waals surface area contributed by atoms with Crippen LogP contribution in [0.4, 0.5) is 0 Å². The number of nitrogens with zero attached hydrogens (tertiary/aromatic N) is 1. The average Bonchev–Trinajstić information content (AvgIpc) is 2.90. The number of carboxylic acids is 1. The van der Waals surface area contributed by atoms with Crippen LogP contribution >= 0.6 is 0 Å². The van der Waals surface area contributed by atoms with Gasteiger partial charge < -0.3 is 9.84 Å². The molecule has 0 aromatic heterocycles. The summed E-state index contributed by atoms with van der Waals surface area (Å²) < 4.78 is 30.9. The third-order valence-electron chi connectivity index (χ3n) is 3.37. The Bertz CT molecular complexity index is 581. The molecule has 2 rings (SSSR count). The van der Waals surface area contributed by atoms with Gasteiger partial charge in [0, 0.05) is 20.2 Å². The Hall–Kier alpha value is -1.44. The van der Waals surface area contributed by atoms with Gasteiger partial charge in [0.05, 0.1) is 17.4 Å². The molecule has 1 heterocycles. The molecule has 20 heavy (non-hydrogen) atoms. The molecule has 0 amide bonds. The number of aliphatic carboxylic acids is 1. The molecule has 7 heteroatoms. The van der Waals surface area contributed by atoms with Crippen molar-refractivity contribution in [3.8, 4) is 0 Å². The first-order valence-electron chi connectivity index (χ1n) is 6.26. The van der Waals surface area contributed by atoms with Gasteiger partial charge in [-0.05, 0) is 24.1 Å². The Morgan fingerprint density at radius 3 is 2.55 bits per heavy atom. The molecule has 1 saturated heterocycles. The van der Waals surface area contributed by atoms with Crippen LogP contribution in [0.3, 0.4) is 0 Å². The number of sulfonamides is 1. The molecule has 1 atom stereocenters. The molecule has 1 fully saturated rings. The van der Waals surface area contributed by atoms with Gasteiger partial charge in [0.1, 0.15) is 0 Å². The Kier molecular flexibility index (Phi) is 4.42. The van der Waals surface area contributed by atoms with Crippen LogP contribution < -0.4 is 0 Å². The van der Waals surface area contributed by atoms with Gasteiger partial charge >= 0.3 is 5.97 Å². The molecule has 0 aliphatic carbocycles. The number of ether oxygens (including phenoxy) is 1. The summed E-state index contributed by atoms with van der Waals surface area (Å²) in [5.41, 5.74) is 0.885. The molecule has 110 valence electrons. The van der Waals surface area contributed by atoms with Crippen LogP contribution in [0.25, 0.3) is 0 Å². The smallest absolute Gasteiger partial charge is 0.307 e. The van der Waals surface area contributed by atoms with Gasteiger partial charge in [-0.1, -0.05) is 12.1 Å². The van der Waals surface area contributed by atoms with Gasteiger partial charge in [0.25, 0.3) is 0 Å². The first-order valence-corrected chi connectivity index (χ1v) is 7.70. The number of methoxy groups -OCH3 is 1. The predicted octanol–water partition coefficient (Wildman–Crippen LogP) is 0.928. The van der Waals surface area contributed by atoms with Crippen molar-refractivity contribution in [2.24, 2.45) is 5.92 Å². The van der Waals surface area contributed by atoms with E-state index in [2.05, 4.69) is 0 Å². The monoisotopic (exact) mass is 299 g/mol. The Labute approximate surface area is 118 Å². The topological polar surface area (TPSA) is 83.9 Å². The lowest BCUT2D eigenvalue weighted by Gasteiger charge is -2.16. The lowest BCUT2D eigenvalue weighted by Crippen LogP contribution is -2.30. The number of rotatable bonds is 5. The third kappa shape index (κ3) is 3.00. The Morgan fingerprint density at radius 2 is 2.05 bits per heavy atom. The van der Waals surface area contributed by atoms with Crippen molar-refractivity contribution in [2.75, 3.05) is 20.2 Å². The average molecular weight is 299 g/mol. The standard InChI is InChI=1S/C13H17NO5S/c1-19-9-10-2-4-12(5-3-10)20(17,18)14-7-6-11(8-14)13(15)16/h2-5,11H,6-9H2,1H3,(H,15,16). The molecule has 1 aromatic rings. The number of hydrogen-bond acceptors (Lipinski definition) is 4. The molecular weight excluding hydrogens is 282 g/mol.